The summed E-state index contributed by atoms with van der Waals surface area (Å²) >= 11 is 0. The second-order valence-electron chi connectivity index (χ2n) is 4.06. The summed E-state index contributed by atoms with van der Waals surface area (Å²) in [4.78, 5) is 0. The van der Waals surface area contributed by atoms with Gasteiger partial charge >= 0.3 is 38.7 Å². The topological polar surface area (TPSA) is 0 Å². The van der Waals surface area contributed by atoms with Crippen molar-refractivity contribution in [3.8, 4) is 0 Å². The Bertz CT molecular complexity index is 390. The Morgan fingerprint density at radius 3 is 1.36 bits per heavy atom. The van der Waals surface area contributed by atoms with Crippen molar-refractivity contribution >= 4 is 9.46 Å². The zero-order valence-electron chi connectivity index (χ0n) is 10.2. The van der Waals surface area contributed by atoms with Gasteiger partial charge < -0.3 is 0 Å². The van der Waals surface area contributed by atoms with Crippen LogP contribution < -0.4 is 0 Å². The third-order valence-electron chi connectivity index (χ3n) is 2.59. The molecule has 1 radical (unpaired) electrons. The molecule has 22 heavy (non-hydrogen) atoms. The SMILES string of the molecule is CCC(F)C(F)(F)C(F)(F)C(F)(F)C(F)(F)C(F)(F)[Si](F)F. The minimum absolute atomic E-state index is 0.448. The summed E-state index contributed by atoms with van der Waals surface area (Å²) in [6.07, 6.45) is -5.65. The van der Waals surface area contributed by atoms with Gasteiger partial charge in [-0.1, -0.05) is 6.92 Å². The lowest BCUT2D eigenvalue weighted by Gasteiger charge is -2.39. The molecule has 1 unspecified atom stereocenters. The summed E-state index contributed by atoms with van der Waals surface area (Å²) in [5, 5.41) is 0. The van der Waals surface area contributed by atoms with E-state index >= 15 is 0 Å². The van der Waals surface area contributed by atoms with Crippen molar-refractivity contribution in [2.75, 3.05) is 0 Å². The van der Waals surface area contributed by atoms with Crippen LogP contribution in [0.15, 0.2) is 0 Å². The van der Waals surface area contributed by atoms with Gasteiger partial charge in [-0.15, -0.1) is 0 Å². The fourth-order valence-corrected chi connectivity index (χ4v) is 1.57. The van der Waals surface area contributed by atoms with Gasteiger partial charge in [-0.05, 0) is 6.42 Å². The van der Waals surface area contributed by atoms with Gasteiger partial charge in [-0.3, -0.25) is 8.22 Å². The van der Waals surface area contributed by atoms with Crippen LogP contribution in [0.25, 0.3) is 0 Å². The molecule has 0 bridgehead atoms. The van der Waals surface area contributed by atoms with Gasteiger partial charge in [0.15, 0.2) is 6.17 Å². The molecular formula is C8H6F13Si. The maximum absolute atomic E-state index is 12.9. The Hall–Kier alpha value is -0.693. The molecule has 0 aliphatic rings. The van der Waals surface area contributed by atoms with E-state index in [4.69, 9.17) is 0 Å². The van der Waals surface area contributed by atoms with Crippen LogP contribution in [0.4, 0.5) is 56.5 Å². The second kappa shape index (κ2) is 5.74. The minimum Gasteiger partial charge on any atom is -0.261 e. The monoisotopic (exact) mass is 377 g/mol. The first kappa shape index (κ1) is 21.3. The summed E-state index contributed by atoms with van der Waals surface area (Å²) < 4.78 is 164. The van der Waals surface area contributed by atoms with E-state index < -0.39 is 51.3 Å². The second-order valence-corrected chi connectivity index (χ2v) is 5.21. The van der Waals surface area contributed by atoms with Crippen LogP contribution in [0.3, 0.4) is 0 Å². The minimum atomic E-state index is -7.64. The molecule has 0 amide bonds. The van der Waals surface area contributed by atoms with Crippen molar-refractivity contribution in [3.63, 3.8) is 0 Å². The molecule has 0 aliphatic heterocycles. The summed E-state index contributed by atoms with van der Waals surface area (Å²) in [5.41, 5.74) is -6.96. The number of hydrogen-bond acceptors (Lipinski definition) is 0. The summed E-state index contributed by atoms with van der Waals surface area (Å²) in [6.45, 7) is 0.448. The van der Waals surface area contributed by atoms with Gasteiger partial charge in [-0.25, -0.2) is 4.39 Å². The molecule has 0 rings (SSSR count). The van der Waals surface area contributed by atoms with Crippen molar-refractivity contribution in [2.45, 2.75) is 48.8 Å². The quantitative estimate of drug-likeness (QED) is 0.337. The van der Waals surface area contributed by atoms with E-state index in [1.165, 1.54) is 0 Å². The Labute approximate surface area is 116 Å². The van der Waals surface area contributed by atoms with Crippen molar-refractivity contribution in [2.24, 2.45) is 0 Å². The normalized spacial score (nSPS) is 17.0. The molecule has 1 atom stereocenters. The van der Waals surface area contributed by atoms with Gasteiger partial charge in [0.05, 0.1) is 0 Å². The van der Waals surface area contributed by atoms with E-state index in [0.29, 0.717) is 6.92 Å². The first-order valence-corrected chi connectivity index (χ1v) is 6.40. The Balaban J connectivity index is 6.11. The number of halogens is 13. The molecular weight excluding hydrogens is 371 g/mol. The smallest absolute Gasteiger partial charge is 0.261 e. The molecule has 0 aliphatic carbocycles. The predicted octanol–water partition coefficient (Wildman–Crippen LogP) is 4.88. The largest absolute Gasteiger partial charge is 0.556 e. The van der Waals surface area contributed by atoms with Crippen LogP contribution in [0.1, 0.15) is 13.3 Å². The zero-order valence-corrected chi connectivity index (χ0v) is 11.2. The summed E-state index contributed by atoms with van der Waals surface area (Å²) in [6, 6.07) is 0. The van der Waals surface area contributed by atoms with Crippen LogP contribution >= 0.6 is 0 Å². The highest BCUT2D eigenvalue weighted by Gasteiger charge is 2.89. The average Bonchev–Trinajstić information content (AvgIpc) is 2.36. The molecule has 0 saturated heterocycles. The first-order valence-electron chi connectivity index (χ1n) is 5.14. The maximum Gasteiger partial charge on any atom is 0.556 e. The fourth-order valence-electron chi connectivity index (χ4n) is 1.18. The third kappa shape index (κ3) is 2.66. The Morgan fingerprint density at radius 2 is 1.09 bits per heavy atom. The first-order chi connectivity index (χ1) is 9.42. The predicted molar refractivity (Wildman–Crippen MR) is 47.9 cm³/mol. The van der Waals surface area contributed by atoms with Crippen molar-refractivity contribution < 1.29 is 56.5 Å². The van der Waals surface area contributed by atoms with Crippen molar-refractivity contribution in [3.05, 3.63) is 0 Å². The van der Waals surface area contributed by atoms with E-state index in [1.807, 2.05) is 0 Å². The van der Waals surface area contributed by atoms with Crippen LogP contribution in [0.2, 0.25) is 0 Å². The number of hydrogen-bond donors (Lipinski definition) is 0. The van der Waals surface area contributed by atoms with E-state index in [-0.39, 0.29) is 0 Å². The highest BCUT2D eigenvalue weighted by Crippen LogP contribution is 2.58. The van der Waals surface area contributed by atoms with Gasteiger partial charge in [0, 0.05) is 0 Å². The molecule has 0 spiro atoms. The lowest BCUT2D eigenvalue weighted by Crippen LogP contribution is -2.70. The van der Waals surface area contributed by atoms with E-state index in [1.54, 1.807) is 0 Å². The van der Waals surface area contributed by atoms with Gasteiger partial charge in [-0.2, -0.15) is 43.9 Å². The summed E-state index contributed by atoms with van der Waals surface area (Å²) in [7, 11) is -6.62. The molecule has 0 aromatic carbocycles. The third-order valence-corrected chi connectivity index (χ3v) is 3.38. The molecule has 133 valence electrons. The van der Waals surface area contributed by atoms with E-state index in [2.05, 4.69) is 0 Å². The van der Waals surface area contributed by atoms with Gasteiger partial charge in [0.2, 0.25) is 0 Å². The molecule has 0 N–H and O–H groups in total. The van der Waals surface area contributed by atoms with Crippen molar-refractivity contribution in [1.29, 1.82) is 0 Å². The molecule has 0 fully saturated rings. The average molecular weight is 377 g/mol. The van der Waals surface area contributed by atoms with Crippen LogP contribution in [-0.4, -0.2) is 44.9 Å². The highest BCUT2D eigenvalue weighted by molar-refractivity contribution is 6.46. The summed E-state index contributed by atoms with van der Waals surface area (Å²) in [5.74, 6) is -29.0. The van der Waals surface area contributed by atoms with E-state index in [0.717, 1.165) is 0 Å². The van der Waals surface area contributed by atoms with Crippen molar-refractivity contribution in [1.82, 2.24) is 0 Å². The van der Waals surface area contributed by atoms with Crippen LogP contribution in [0, 0.1) is 0 Å². The highest BCUT2D eigenvalue weighted by atomic mass is 28.4. The molecule has 0 nitrogen and oxygen atoms in total. The maximum atomic E-state index is 12.9. The lowest BCUT2D eigenvalue weighted by atomic mass is 9.94. The number of rotatable bonds is 7. The number of alkyl halides is 11. The van der Waals surface area contributed by atoms with Crippen LogP contribution in [-0.2, 0) is 0 Å². The zero-order chi connectivity index (χ0) is 18.4. The Morgan fingerprint density at radius 1 is 0.727 bits per heavy atom. The molecule has 0 aromatic rings. The Kier molecular flexibility index (Phi) is 5.56. The van der Waals surface area contributed by atoms with Gasteiger partial charge in [0.1, 0.15) is 0 Å². The fraction of sp³-hybridized carbons (Fsp3) is 1.00. The molecule has 0 aromatic heterocycles. The van der Waals surface area contributed by atoms with Gasteiger partial charge in [0.25, 0.3) is 0 Å². The van der Waals surface area contributed by atoms with Crippen LogP contribution in [0.5, 0.6) is 0 Å². The molecule has 0 heterocycles. The standard InChI is InChI=1S/C8H6F13Si/c1-2-3(9)4(10,11)5(12,13)6(14,15)7(16,17)8(18,19)22(20)21/h3H,2H2,1H3. The molecule has 0 saturated carbocycles. The van der Waals surface area contributed by atoms with E-state index in [9.17, 15) is 56.5 Å². The lowest BCUT2D eigenvalue weighted by molar-refractivity contribution is -0.398. The molecule has 14 heteroatoms.